The first-order valence-electron chi connectivity index (χ1n) is 12.6. The Hall–Kier alpha value is -3.42. The van der Waals surface area contributed by atoms with Crippen LogP contribution in [0, 0.1) is 34.9 Å². The van der Waals surface area contributed by atoms with Gasteiger partial charge in [-0.2, -0.15) is 8.78 Å². The van der Waals surface area contributed by atoms with Gasteiger partial charge >= 0.3 is 0 Å². The fourth-order valence-corrected chi connectivity index (χ4v) is 4.99. The van der Waals surface area contributed by atoms with E-state index >= 15 is 4.39 Å². The summed E-state index contributed by atoms with van der Waals surface area (Å²) >= 11 is 0. The van der Waals surface area contributed by atoms with Crippen molar-refractivity contribution in [3.8, 4) is 11.5 Å². The molecular formula is C30H28F6O2. The quantitative estimate of drug-likeness (QED) is 0.212. The van der Waals surface area contributed by atoms with Crippen LogP contribution in [0.25, 0.3) is 12.2 Å². The number of halogens is 6. The highest BCUT2D eigenvalue weighted by Gasteiger charge is 2.29. The zero-order valence-corrected chi connectivity index (χ0v) is 21.1. The fraction of sp³-hybridized carbons (Fsp3) is 0.333. The Morgan fingerprint density at radius 1 is 0.553 bits per heavy atom. The summed E-state index contributed by atoms with van der Waals surface area (Å²) in [6.45, 7) is 3.70. The molecule has 38 heavy (non-hydrogen) atoms. The van der Waals surface area contributed by atoms with E-state index in [0.29, 0.717) is 25.7 Å². The van der Waals surface area contributed by atoms with Crippen molar-refractivity contribution in [1.29, 1.82) is 0 Å². The van der Waals surface area contributed by atoms with Crippen LogP contribution < -0.4 is 9.47 Å². The van der Waals surface area contributed by atoms with E-state index in [-0.39, 0.29) is 58.8 Å². The molecule has 1 fully saturated rings. The molecule has 1 aliphatic rings. The summed E-state index contributed by atoms with van der Waals surface area (Å²) in [5.41, 5.74) is 0.218. The van der Waals surface area contributed by atoms with Gasteiger partial charge in [0.05, 0.1) is 13.2 Å². The molecule has 0 aromatic heterocycles. The van der Waals surface area contributed by atoms with E-state index in [9.17, 15) is 22.0 Å². The van der Waals surface area contributed by atoms with Crippen molar-refractivity contribution in [2.75, 3.05) is 13.2 Å². The van der Waals surface area contributed by atoms with E-state index in [1.807, 2.05) is 0 Å². The molecule has 0 N–H and O–H groups in total. The zero-order valence-electron chi connectivity index (χ0n) is 21.1. The SMILES string of the molecule is CCOc1ccc(/C=C/c2ccc(C3CCC(c4ccc(OCC)c(F)c4F)CC3)c(F)c2F)c(F)c1F. The lowest BCUT2D eigenvalue weighted by Gasteiger charge is -2.30. The summed E-state index contributed by atoms with van der Waals surface area (Å²) < 4.78 is 97.3. The summed E-state index contributed by atoms with van der Waals surface area (Å²) in [4.78, 5) is 0. The molecule has 8 heteroatoms. The summed E-state index contributed by atoms with van der Waals surface area (Å²) in [5, 5.41) is 0. The lowest BCUT2D eigenvalue weighted by atomic mass is 9.75. The molecule has 4 rings (SSSR count). The van der Waals surface area contributed by atoms with Crippen LogP contribution in [0.15, 0.2) is 36.4 Å². The summed E-state index contributed by atoms with van der Waals surface area (Å²) in [7, 11) is 0. The molecule has 1 saturated carbocycles. The van der Waals surface area contributed by atoms with Gasteiger partial charge in [0.1, 0.15) is 0 Å². The molecule has 3 aromatic rings. The van der Waals surface area contributed by atoms with Gasteiger partial charge in [0.15, 0.2) is 34.8 Å². The normalized spacial score (nSPS) is 17.7. The Balaban J connectivity index is 1.47. The van der Waals surface area contributed by atoms with Crippen molar-refractivity contribution in [3.05, 3.63) is 93.6 Å². The van der Waals surface area contributed by atoms with E-state index in [1.165, 1.54) is 48.6 Å². The van der Waals surface area contributed by atoms with Crippen LogP contribution in [0.1, 0.15) is 73.6 Å². The number of hydrogen-bond donors (Lipinski definition) is 0. The third kappa shape index (κ3) is 5.54. The molecule has 202 valence electrons. The second kappa shape index (κ2) is 12.0. The first kappa shape index (κ1) is 27.6. The van der Waals surface area contributed by atoms with Gasteiger partial charge in [-0.25, -0.2) is 17.6 Å². The fourth-order valence-electron chi connectivity index (χ4n) is 4.99. The minimum Gasteiger partial charge on any atom is -0.491 e. The molecule has 2 nitrogen and oxygen atoms in total. The van der Waals surface area contributed by atoms with Crippen LogP contribution in [0.2, 0.25) is 0 Å². The van der Waals surface area contributed by atoms with Crippen molar-refractivity contribution >= 4 is 12.2 Å². The van der Waals surface area contributed by atoms with Crippen LogP contribution in [-0.2, 0) is 0 Å². The monoisotopic (exact) mass is 534 g/mol. The molecule has 0 heterocycles. The molecule has 0 atom stereocenters. The molecule has 0 unspecified atom stereocenters. The van der Waals surface area contributed by atoms with Crippen molar-refractivity contribution in [2.24, 2.45) is 0 Å². The highest BCUT2D eigenvalue weighted by molar-refractivity contribution is 5.70. The van der Waals surface area contributed by atoms with Gasteiger partial charge < -0.3 is 9.47 Å². The lowest BCUT2D eigenvalue weighted by Crippen LogP contribution is -2.15. The minimum atomic E-state index is -1.15. The van der Waals surface area contributed by atoms with E-state index < -0.39 is 34.9 Å². The van der Waals surface area contributed by atoms with Gasteiger partial charge in [0.2, 0.25) is 11.6 Å². The van der Waals surface area contributed by atoms with Crippen LogP contribution in [0.4, 0.5) is 26.3 Å². The zero-order chi connectivity index (χ0) is 27.4. The van der Waals surface area contributed by atoms with Gasteiger partial charge in [-0.3, -0.25) is 0 Å². The van der Waals surface area contributed by atoms with Crippen LogP contribution >= 0.6 is 0 Å². The highest BCUT2D eigenvalue weighted by atomic mass is 19.2. The standard InChI is InChI=1S/C30H28F6O2/c1-3-37-23-15-12-20(26(32)29(23)35)10-9-19-11-13-21(27(33)25(19)31)17-5-7-18(8-6-17)22-14-16-24(38-4-2)30(36)28(22)34/h9-18H,3-8H2,1-2H3/b10-9+. The molecule has 3 aromatic carbocycles. The van der Waals surface area contributed by atoms with E-state index in [1.54, 1.807) is 13.8 Å². The molecule has 0 bridgehead atoms. The van der Waals surface area contributed by atoms with Crippen LogP contribution in [-0.4, -0.2) is 13.2 Å². The maximum atomic E-state index is 15.0. The Morgan fingerprint density at radius 2 is 0.921 bits per heavy atom. The van der Waals surface area contributed by atoms with Crippen molar-refractivity contribution in [3.63, 3.8) is 0 Å². The maximum absolute atomic E-state index is 15.0. The molecule has 1 aliphatic carbocycles. The summed E-state index contributed by atoms with van der Waals surface area (Å²) in [5.74, 6) is -7.24. The third-order valence-electron chi connectivity index (χ3n) is 6.94. The van der Waals surface area contributed by atoms with Gasteiger partial charge in [0, 0.05) is 11.1 Å². The molecule has 0 amide bonds. The number of ether oxygens (including phenoxy) is 2. The van der Waals surface area contributed by atoms with Crippen LogP contribution in [0.5, 0.6) is 11.5 Å². The Labute approximate surface area is 217 Å². The Kier molecular flexibility index (Phi) is 8.69. The number of rotatable bonds is 8. The van der Waals surface area contributed by atoms with Crippen molar-refractivity contribution in [1.82, 2.24) is 0 Å². The molecule has 0 radical (unpaired) electrons. The summed E-state index contributed by atoms with van der Waals surface area (Å²) in [6, 6.07) is 8.37. The Bertz CT molecular complexity index is 1330. The van der Waals surface area contributed by atoms with Crippen LogP contribution in [0.3, 0.4) is 0 Å². The van der Waals surface area contributed by atoms with E-state index in [4.69, 9.17) is 9.47 Å². The van der Waals surface area contributed by atoms with Gasteiger partial charge in [-0.1, -0.05) is 30.4 Å². The lowest BCUT2D eigenvalue weighted by molar-refractivity contribution is 0.310. The average Bonchev–Trinajstić information content (AvgIpc) is 2.92. The average molecular weight is 535 g/mol. The largest absolute Gasteiger partial charge is 0.491 e. The highest BCUT2D eigenvalue weighted by Crippen LogP contribution is 2.43. The Morgan fingerprint density at radius 3 is 1.42 bits per heavy atom. The maximum Gasteiger partial charge on any atom is 0.201 e. The van der Waals surface area contributed by atoms with E-state index in [0.717, 1.165) is 0 Å². The predicted octanol–water partition coefficient (Wildman–Crippen LogP) is 8.93. The second-order valence-corrected chi connectivity index (χ2v) is 9.18. The van der Waals surface area contributed by atoms with Crippen molar-refractivity contribution < 1.29 is 35.8 Å². The molecule has 0 spiro atoms. The summed E-state index contributed by atoms with van der Waals surface area (Å²) in [6.07, 6.45) is 4.27. The molecule has 0 saturated heterocycles. The topological polar surface area (TPSA) is 18.5 Å². The van der Waals surface area contributed by atoms with Gasteiger partial charge in [0.25, 0.3) is 0 Å². The first-order chi connectivity index (χ1) is 18.3. The van der Waals surface area contributed by atoms with E-state index in [2.05, 4.69) is 0 Å². The third-order valence-corrected chi connectivity index (χ3v) is 6.94. The first-order valence-corrected chi connectivity index (χ1v) is 12.6. The smallest absolute Gasteiger partial charge is 0.201 e. The molecule has 0 aliphatic heterocycles. The minimum absolute atomic E-state index is 0.111. The van der Waals surface area contributed by atoms with Gasteiger partial charge in [-0.05, 0) is 80.7 Å². The van der Waals surface area contributed by atoms with Crippen molar-refractivity contribution in [2.45, 2.75) is 51.4 Å². The second-order valence-electron chi connectivity index (χ2n) is 9.18. The van der Waals surface area contributed by atoms with Gasteiger partial charge in [-0.15, -0.1) is 0 Å². The number of hydrogen-bond acceptors (Lipinski definition) is 2. The predicted molar refractivity (Wildman–Crippen MR) is 134 cm³/mol. The molecular weight excluding hydrogens is 506 g/mol. The number of benzene rings is 3.